The number of hydrogen-bond acceptors (Lipinski definition) is 4. The molecule has 30 heavy (non-hydrogen) atoms. The maximum Gasteiger partial charge on any atom is 0.163 e. The minimum atomic E-state index is 0.428. The Hall–Kier alpha value is -2.76. The predicted octanol–water partition coefficient (Wildman–Crippen LogP) is 5.13. The van der Waals surface area contributed by atoms with E-state index in [1.165, 1.54) is 17.7 Å². The summed E-state index contributed by atoms with van der Waals surface area (Å²) in [7, 11) is 0. The Kier molecular flexibility index (Phi) is 5.23. The first kappa shape index (κ1) is 19.2. The van der Waals surface area contributed by atoms with E-state index < -0.39 is 0 Å². The fourth-order valence-electron chi connectivity index (χ4n) is 4.52. The average Bonchev–Trinajstić information content (AvgIpc) is 3.12. The van der Waals surface area contributed by atoms with Crippen LogP contribution in [0.2, 0.25) is 5.02 Å². The number of likely N-dealkylation sites (tertiary alicyclic amines) is 1. The van der Waals surface area contributed by atoms with Gasteiger partial charge >= 0.3 is 0 Å². The second kappa shape index (κ2) is 8.17. The first-order valence-corrected chi connectivity index (χ1v) is 10.8. The highest BCUT2D eigenvalue weighted by atomic mass is 35.5. The van der Waals surface area contributed by atoms with Crippen LogP contribution in [0.15, 0.2) is 61.1 Å². The van der Waals surface area contributed by atoms with Crippen LogP contribution in [0.3, 0.4) is 0 Å². The van der Waals surface area contributed by atoms with Gasteiger partial charge in [0.2, 0.25) is 0 Å². The predicted molar refractivity (Wildman–Crippen MR) is 120 cm³/mol. The molecule has 0 saturated carbocycles. The zero-order valence-electron chi connectivity index (χ0n) is 17.0. The van der Waals surface area contributed by atoms with Crippen LogP contribution in [0.4, 0.5) is 0 Å². The molecule has 0 radical (unpaired) electrons. The van der Waals surface area contributed by atoms with E-state index in [-0.39, 0.29) is 0 Å². The third-order valence-electron chi connectivity index (χ3n) is 5.92. The van der Waals surface area contributed by atoms with Crippen LogP contribution in [0.25, 0.3) is 16.8 Å². The molecule has 1 saturated heterocycles. The highest BCUT2D eigenvalue weighted by Gasteiger charge is 2.25. The van der Waals surface area contributed by atoms with Gasteiger partial charge in [0.25, 0.3) is 0 Å². The molecule has 1 unspecified atom stereocenters. The molecule has 4 aromatic rings. The first-order valence-electron chi connectivity index (χ1n) is 10.4. The van der Waals surface area contributed by atoms with Crippen molar-refractivity contribution in [3.8, 4) is 11.1 Å². The van der Waals surface area contributed by atoms with Gasteiger partial charge in [0.05, 0.1) is 17.0 Å². The van der Waals surface area contributed by atoms with Crippen molar-refractivity contribution in [2.24, 2.45) is 0 Å². The molecule has 1 fully saturated rings. The number of pyridine rings is 1. The van der Waals surface area contributed by atoms with Gasteiger partial charge in [0, 0.05) is 48.2 Å². The molecule has 0 aliphatic carbocycles. The van der Waals surface area contributed by atoms with Crippen molar-refractivity contribution in [1.82, 2.24) is 24.5 Å². The Morgan fingerprint density at radius 1 is 1.10 bits per heavy atom. The molecule has 5 nitrogen and oxygen atoms in total. The molecule has 0 bridgehead atoms. The Morgan fingerprint density at radius 2 is 1.97 bits per heavy atom. The standard InChI is InChI=1S/C24H24ClN5/c1-17-23(19-4-2-11-26-14-19)24-27-12-10-22(30(24)28-17)20-5-3-13-29(16-20)15-18-6-8-21(25)9-7-18/h2,4,6-12,14,20H,3,5,13,15-16H2,1H3. The number of halogens is 1. The Labute approximate surface area is 181 Å². The molecule has 0 amide bonds. The molecular weight excluding hydrogens is 394 g/mol. The van der Waals surface area contributed by atoms with Gasteiger partial charge in [-0.25, -0.2) is 9.50 Å². The third kappa shape index (κ3) is 3.71. The first-order chi connectivity index (χ1) is 14.7. The van der Waals surface area contributed by atoms with Crippen LogP contribution >= 0.6 is 11.6 Å². The lowest BCUT2D eigenvalue weighted by molar-refractivity contribution is 0.197. The van der Waals surface area contributed by atoms with Crippen LogP contribution in [-0.2, 0) is 6.54 Å². The van der Waals surface area contributed by atoms with Gasteiger partial charge in [0.15, 0.2) is 5.65 Å². The van der Waals surface area contributed by atoms with Crippen molar-refractivity contribution in [1.29, 1.82) is 0 Å². The van der Waals surface area contributed by atoms with E-state index in [1.54, 1.807) is 6.20 Å². The zero-order valence-corrected chi connectivity index (χ0v) is 17.8. The highest BCUT2D eigenvalue weighted by Crippen LogP contribution is 2.32. The van der Waals surface area contributed by atoms with E-state index in [0.29, 0.717) is 5.92 Å². The number of fused-ring (bicyclic) bond motifs is 1. The third-order valence-corrected chi connectivity index (χ3v) is 6.17. The number of piperidine rings is 1. The van der Waals surface area contributed by atoms with Crippen molar-refractivity contribution in [3.05, 3.63) is 83.0 Å². The smallest absolute Gasteiger partial charge is 0.163 e. The minimum Gasteiger partial charge on any atom is -0.298 e. The van der Waals surface area contributed by atoms with Crippen LogP contribution in [0.1, 0.15) is 35.7 Å². The zero-order chi connectivity index (χ0) is 20.5. The molecule has 0 N–H and O–H groups in total. The Morgan fingerprint density at radius 3 is 2.77 bits per heavy atom. The van der Waals surface area contributed by atoms with Crippen molar-refractivity contribution in [2.45, 2.75) is 32.2 Å². The summed E-state index contributed by atoms with van der Waals surface area (Å²) in [6, 6.07) is 14.3. The summed E-state index contributed by atoms with van der Waals surface area (Å²) in [6.07, 6.45) is 7.94. The van der Waals surface area contributed by atoms with Crippen LogP contribution < -0.4 is 0 Å². The van der Waals surface area contributed by atoms with E-state index in [4.69, 9.17) is 16.7 Å². The SMILES string of the molecule is Cc1nn2c(C3CCCN(Cc4ccc(Cl)cc4)C3)ccnc2c1-c1cccnc1. The molecule has 1 atom stereocenters. The van der Waals surface area contributed by atoms with E-state index in [2.05, 4.69) is 46.1 Å². The van der Waals surface area contributed by atoms with Gasteiger partial charge in [0.1, 0.15) is 0 Å². The maximum absolute atomic E-state index is 6.04. The van der Waals surface area contributed by atoms with Crippen LogP contribution in [-0.4, -0.2) is 37.6 Å². The summed E-state index contributed by atoms with van der Waals surface area (Å²) in [5.41, 5.74) is 6.55. The molecule has 4 heterocycles. The summed E-state index contributed by atoms with van der Waals surface area (Å²) in [6.45, 7) is 5.13. The normalized spacial score (nSPS) is 17.5. The summed E-state index contributed by atoms with van der Waals surface area (Å²) in [5.74, 6) is 0.428. The van der Waals surface area contributed by atoms with Gasteiger partial charge in [-0.2, -0.15) is 5.10 Å². The minimum absolute atomic E-state index is 0.428. The lowest BCUT2D eigenvalue weighted by Gasteiger charge is -2.33. The number of benzene rings is 1. The van der Waals surface area contributed by atoms with Crippen molar-refractivity contribution in [2.75, 3.05) is 13.1 Å². The molecule has 152 valence electrons. The molecule has 0 spiro atoms. The molecule has 6 heteroatoms. The van der Waals surface area contributed by atoms with E-state index in [1.807, 2.05) is 35.1 Å². The van der Waals surface area contributed by atoms with Gasteiger partial charge in [-0.3, -0.25) is 9.88 Å². The Bertz CT molecular complexity index is 1150. The number of rotatable bonds is 4. The molecule has 3 aromatic heterocycles. The molecule has 1 aliphatic heterocycles. The van der Waals surface area contributed by atoms with Crippen LogP contribution in [0.5, 0.6) is 0 Å². The van der Waals surface area contributed by atoms with Gasteiger partial charge in [-0.1, -0.05) is 29.8 Å². The average molecular weight is 418 g/mol. The monoisotopic (exact) mass is 417 g/mol. The fourth-order valence-corrected chi connectivity index (χ4v) is 4.64. The molecule has 5 rings (SSSR count). The molecular formula is C24H24ClN5. The number of hydrogen-bond donors (Lipinski definition) is 0. The lowest BCUT2D eigenvalue weighted by atomic mass is 9.94. The lowest BCUT2D eigenvalue weighted by Crippen LogP contribution is -2.34. The van der Waals surface area contributed by atoms with Crippen molar-refractivity contribution in [3.63, 3.8) is 0 Å². The second-order valence-electron chi connectivity index (χ2n) is 8.01. The molecule has 1 aliphatic rings. The number of nitrogens with zero attached hydrogens (tertiary/aromatic N) is 5. The van der Waals surface area contributed by atoms with Crippen molar-refractivity contribution < 1.29 is 0 Å². The Balaban J connectivity index is 1.45. The maximum atomic E-state index is 6.04. The summed E-state index contributed by atoms with van der Waals surface area (Å²) in [4.78, 5) is 11.5. The summed E-state index contributed by atoms with van der Waals surface area (Å²) in [5, 5.41) is 5.66. The van der Waals surface area contributed by atoms with E-state index in [0.717, 1.165) is 53.5 Å². The van der Waals surface area contributed by atoms with Crippen LogP contribution in [0, 0.1) is 6.92 Å². The topological polar surface area (TPSA) is 46.3 Å². The van der Waals surface area contributed by atoms with E-state index >= 15 is 0 Å². The summed E-state index contributed by atoms with van der Waals surface area (Å²) >= 11 is 6.04. The largest absolute Gasteiger partial charge is 0.298 e. The van der Waals surface area contributed by atoms with Crippen molar-refractivity contribution >= 4 is 17.2 Å². The quantitative estimate of drug-likeness (QED) is 0.461. The van der Waals surface area contributed by atoms with Gasteiger partial charge in [-0.15, -0.1) is 0 Å². The number of aromatic nitrogens is 4. The van der Waals surface area contributed by atoms with Gasteiger partial charge in [-0.05, 0) is 56.1 Å². The highest BCUT2D eigenvalue weighted by molar-refractivity contribution is 6.30. The summed E-state index contributed by atoms with van der Waals surface area (Å²) < 4.78 is 2.05. The van der Waals surface area contributed by atoms with E-state index in [9.17, 15) is 0 Å². The molecule has 1 aromatic carbocycles. The number of aryl methyl sites for hydroxylation is 1. The second-order valence-corrected chi connectivity index (χ2v) is 8.44. The van der Waals surface area contributed by atoms with Gasteiger partial charge < -0.3 is 0 Å². The fraction of sp³-hybridized carbons (Fsp3) is 0.292.